The van der Waals surface area contributed by atoms with Crippen molar-refractivity contribution in [2.24, 2.45) is 5.41 Å². The predicted octanol–water partition coefficient (Wildman–Crippen LogP) is 1.03. The Balaban J connectivity index is 2.71. The van der Waals surface area contributed by atoms with Crippen LogP contribution >= 0.6 is 0 Å². The van der Waals surface area contributed by atoms with Crippen LogP contribution in [0.1, 0.15) is 34.1 Å². The molecule has 5 heteroatoms. The molecular formula is C14H24O5. The Labute approximate surface area is 114 Å². The number of hydrogen-bond donors (Lipinski definition) is 2. The van der Waals surface area contributed by atoms with Crippen molar-refractivity contribution >= 4 is 5.97 Å². The fourth-order valence-corrected chi connectivity index (χ4v) is 2.25. The molecule has 0 aliphatic heterocycles. The van der Waals surface area contributed by atoms with E-state index >= 15 is 0 Å². The van der Waals surface area contributed by atoms with Gasteiger partial charge in [0.05, 0.1) is 24.9 Å². The van der Waals surface area contributed by atoms with Crippen molar-refractivity contribution in [1.82, 2.24) is 0 Å². The molecule has 0 amide bonds. The summed E-state index contributed by atoms with van der Waals surface area (Å²) in [4.78, 5) is 11.3. The van der Waals surface area contributed by atoms with Gasteiger partial charge in [-0.05, 0) is 31.3 Å². The third-order valence-electron chi connectivity index (χ3n) is 3.48. The average Bonchev–Trinajstić information content (AvgIpc) is 2.39. The SMILES string of the molecule is CCOC(=O)COC1CC(C)(C)C(O)C(O)C=C1C. The van der Waals surface area contributed by atoms with Gasteiger partial charge in [-0.15, -0.1) is 0 Å². The molecule has 0 saturated carbocycles. The van der Waals surface area contributed by atoms with E-state index in [0.29, 0.717) is 13.0 Å². The number of hydrogen-bond acceptors (Lipinski definition) is 5. The van der Waals surface area contributed by atoms with Crippen molar-refractivity contribution in [2.45, 2.75) is 52.4 Å². The molecule has 2 N–H and O–H groups in total. The summed E-state index contributed by atoms with van der Waals surface area (Å²) in [6.45, 7) is 7.51. The van der Waals surface area contributed by atoms with E-state index in [4.69, 9.17) is 9.47 Å². The third-order valence-corrected chi connectivity index (χ3v) is 3.48. The first-order valence-electron chi connectivity index (χ1n) is 6.59. The second-order valence-corrected chi connectivity index (χ2v) is 5.64. The van der Waals surface area contributed by atoms with Gasteiger partial charge in [0.2, 0.25) is 0 Å². The maximum Gasteiger partial charge on any atom is 0.332 e. The Bertz CT molecular complexity index is 348. The van der Waals surface area contributed by atoms with Gasteiger partial charge in [-0.2, -0.15) is 0 Å². The van der Waals surface area contributed by atoms with Gasteiger partial charge in [-0.25, -0.2) is 4.79 Å². The number of aliphatic hydroxyl groups excluding tert-OH is 2. The Hall–Kier alpha value is -0.910. The number of rotatable bonds is 4. The van der Waals surface area contributed by atoms with Gasteiger partial charge in [0.15, 0.2) is 0 Å². The first-order chi connectivity index (χ1) is 8.77. The zero-order valence-electron chi connectivity index (χ0n) is 12.0. The summed E-state index contributed by atoms with van der Waals surface area (Å²) in [6, 6.07) is 0. The number of carbonyl (C=O) groups is 1. The van der Waals surface area contributed by atoms with Crippen LogP contribution < -0.4 is 0 Å². The van der Waals surface area contributed by atoms with Crippen molar-refractivity contribution in [3.05, 3.63) is 11.6 Å². The molecule has 0 bridgehead atoms. The second kappa shape index (κ2) is 6.50. The Kier molecular flexibility index (Phi) is 5.52. The molecule has 110 valence electrons. The highest BCUT2D eigenvalue weighted by Gasteiger charge is 2.38. The first-order valence-corrected chi connectivity index (χ1v) is 6.59. The standard InChI is InChI=1S/C14H24O5/c1-5-18-12(16)8-19-11-7-14(3,4)13(17)10(15)6-9(11)2/h6,10-11,13,15,17H,5,7-8H2,1-4H3. The lowest BCUT2D eigenvalue weighted by Gasteiger charge is -2.32. The molecule has 0 fully saturated rings. The topological polar surface area (TPSA) is 76.0 Å². The summed E-state index contributed by atoms with van der Waals surface area (Å²) in [7, 11) is 0. The van der Waals surface area contributed by atoms with E-state index < -0.39 is 23.6 Å². The van der Waals surface area contributed by atoms with Gasteiger partial charge in [-0.1, -0.05) is 19.9 Å². The summed E-state index contributed by atoms with van der Waals surface area (Å²) in [5.41, 5.74) is 0.328. The van der Waals surface area contributed by atoms with Crippen LogP contribution in [0.3, 0.4) is 0 Å². The molecule has 0 aromatic heterocycles. The van der Waals surface area contributed by atoms with E-state index in [1.165, 1.54) is 0 Å². The van der Waals surface area contributed by atoms with E-state index in [9.17, 15) is 15.0 Å². The van der Waals surface area contributed by atoms with Crippen LogP contribution in [0.4, 0.5) is 0 Å². The van der Waals surface area contributed by atoms with Crippen LogP contribution in [0.5, 0.6) is 0 Å². The Morgan fingerprint density at radius 3 is 2.68 bits per heavy atom. The maximum atomic E-state index is 11.3. The van der Waals surface area contributed by atoms with Crippen molar-refractivity contribution < 1.29 is 24.5 Å². The summed E-state index contributed by atoms with van der Waals surface area (Å²) in [6.07, 6.45) is 0.0680. The minimum absolute atomic E-state index is 0.119. The molecule has 0 aromatic rings. The van der Waals surface area contributed by atoms with Crippen LogP contribution in [0.15, 0.2) is 11.6 Å². The van der Waals surface area contributed by atoms with Crippen LogP contribution in [-0.2, 0) is 14.3 Å². The first kappa shape index (κ1) is 16.1. The minimum Gasteiger partial charge on any atom is -0.464 e. The van der Waals surface area contributed by atoms with Crippen molar-refractivity contribution in [1.29, 1.82) is 0 Å². The molecule has 0 aromatic carbocycles. The van der Waals surface area contributed by atoms with Gasteiger partial charge < -0.3 is 19.7 Å². The van der Waals surface area contributed by atoms with Gasteiger partial charge in [0.25, 0.3) is 0 Å². The van der Waals surface area contributed by atoms with Crippen molar-refractivity contribution in [3.63, 3.8) is 0 Å². The van der Waals surface area contributed by atoms with E-state index in [1.807, 2.05) is 20.8 Å². The molecule has 0 radical (unpaired) electrons. The third kappa shape index (κ3) is 4.30. The Morgan fingerprint density at radius 2 is 2.11 bits per heavy atom. The van der Waals surface area contributed by atoms with Crippen LogP contribution in [-0.4, -0.2) is 47.7 Å². The van der Waals surface area contributed by atoms with Gasteiger partial charge in [0, 0.05) is 0 Å². The number of carbonyl (C=O) groups excluding carboxylic acids is 1. The lowest BCUT2D eigenvalue weighted by atomic mass is 9.80. The molecule has 19 heavy (non-hydrogen) atoms. The monoisotopic (exact) mass is 272 g/mol. The normalized spacial score (nSPS) is 30.4. The lowest BCUT2D eigenvalue weighted by molar-refractivity contribution is -0.150. The highest BCUT2D eigenvalue weighted by atomic mass is 16.6. The van der Waals surface area contributed by atoms with E-state index in [2.05, 4.69) is 0 Å². The average molecular weight is 272 g/mol. The molecule has 0 spiro atoms. The zero-order chi connectivity index (χ0) is 14.6. The van der Waals surface area contributed by atoms with E-state index in [-0.39, 0.29) is 12.7 Å². The van der Waals surface area contributed by atoms with Gasteiger partial charge >= 0.3 is 5.97 Å². The summed E-state index contributed by atoms with van der Waals surface area (Å²) < 4.78 is 10.4. The Morgan fingerprint density at radius 1 is 1.47 bits per heavy atom. The molecule has 1 rings (SSSR count). The fourth-order valence-electron chi connectivity index (χ4n) is 2.25. The fraction of sp³-hybridized carbons (Fsp3) is 0.786. The molecule has 0 heterocycles. The van der Waals surface area contributed by atoms with Gasteiger partial charge in [0.1, 0.15) is 6.61 Å². The van der Waals surface area contributed by atoms with Crippen LogP contribution in [0.2, 0.25) is 0 Å². The maximum absolute atomic E-state index is 11.3. The van der Waals surface area contributed by atoms with Crippen LogP contribution in [0.25, 0.3) is 0 Å². The number of aliphatic hydroxyl groups is 2. The molecule has 1 aliphatic carbocycles. The largest absolute Gasteiger partial charge is 0.464 e. The van der Waals surface area contributed by atoms with E-state index in [0.717, 1.165) is 5.57 Å². The minimum atomic E-state index is -0.911. The number of ether oxygens (including phenoxy) is 2. The summed E-state index contributed by atoms with van der Waals surface area (Å²) in [5.74, 6) is -0.404. The molecule has 3 unspecified atom stereocenters. The predicted molar refractivity (Wildman–Crippen MR) is 70.5 cm³/mol. The van der Waals surface area contributed by atoms with Gasteiger partial charge in [-0.3, -0.25) is 0 Å². The van der Waals surface area contributed by atoms with Crippen molar-refractivity contribution in [2.75, 3.05) is 13.2 Å². The quantitative estimate of drug-likeness (QED) is 0.590. The van der Waals surface area contributed by atoms with Crippen LogP contribution in [0, 0.1) is 5.41 Å². The molecular weight excluding hydrogens is 248 g/mol. The van der Waals surface area contributed by atoms with Crippen molar-refractivity contribution in [3.8, 4) is 0 Å². The molecule has 3 atom stereocenters. The highest BCUT2D eigenvalue weighted by Crippen LogP contribution is 2.35. The summed E-state index contributed by atoms with van der Waals surface area (Å²) in [5, 5.41) is 19.9. The smallest absolute Gasteiger partial charge is 0.332 e. The molecule has 5 nitrogen and oxygen atoms in total. The molecule has 0 saturated heterocycles. The second-order valence-electron chi connectivity index (χ2n) is 5.64. The summed E-state index contributed by atoms with van der Waals surface area (Å²) >= 11 is 0. The molecule has 1 aliphatic rings. The number of esters is 1. The highest BCUT2D eigenvalue weighted by molar-refractivity contribution is 5.70. The van der Waals surface area contributed by atoms with E-state index in [1.54, 1.807) is 13.0 Å². The lowest BCUT2D eigenvalue weighted by Crippen LogP contribution is -2.39. The zero-order valence-corrected chi connectivity index (χ0v) is 12.0.